The van der Waals surface area contributed by atoms with E-state index < -0.39 is 23.9 Å². The summed E-state index contributed by atoms with van der Waals surface area (Å²) >= 11 is 0. The first-order chi connectivity index (χ1) is 17.9. The highest BCUT2D eigenvalue weighted by Gasteiger charge is 2.11. The van der Waals surface area contributed by atoms with Crippen LogP contribution in [0.5, 0.6) is 11.5 Å². The molecule has 0 saturated heterocycles. The van der Waals surface area contributed by atoms with Gasteiger partial charge >= 0.3 is 23.9 Å². The minimum absolute atomic E-state index is 0.0421. The van der Waals surface area contributed by atoms with E-state index in [-0.39, 0.29) is 38.9 Å². The van der Waals surface area contributed by atoms with Crippen LogP contribution in [0.25, 0.3) is 11.1 Å². The molecule has 2 rings (SSSR count). The van der Waals surface area contributed by atoms with Crippen LogP contribution in [-0.2, 0) is 38.1 Å². The van der Waals surface area contributed by atoms with Crippen molar-refractivity contribution >= 4 is 23.9 Å². The molecule has 0 heterocycles. The van der Waals surface area contributed by atoms with Gasteiger partial charge in [-0.3, -0.25) is 19.2 Å². The molecule has 0 radical (unpaired) electrons. The quantitative estimate of drug-likeness (QED) is 0.186. The van der Waals surface area contributed by atoms with Gasteiger partial charge in [0.15, 0.2) is 0 Å². The highest BCUT2D eigenvalue weighted by molar-refractivity contribution is 5.80. The summed E-state index contributed by atoms with van der Waals surface area (Å²) in [5.41, 5.74) is 1.72. The second-order valence-corrected chi connectivity index (χ2v) is 7.60. The Hall–Kier alpha value is -3.76. The van der Waals surface area contributed by atoms with E-state index in [2.05, 4.69) is 4.74 Å². The Morgan fingerprint density at radius 1 is 0.568 bits per heavy atom. The van der Waals surface area contributed by atoms with Gasteiger partial charge in [-0.05, 0) is 42.3 Å². The standard InChI is InChI=1S/C27H32O10/c1-3-33-16-17-34-18-19-35-25(29)13-15-27(31)37-23-10-6-21(7-11-23)20-4-8-22(9-5-20)36-26(30)14-12-24(28)32-2/h4-11H,3,12-19H2,1-2H3. The highest BCUT2D eigenvalue weighted by Crippen LogP contribution is 2.25. The number of carbonyl (C=O) groups excluding carboxylic acids is 4. The van der Waals surface area contributed by atoms with Crippen LogP contribution in [-0.4, -0.2) is 64.0 Å². The smallest absolute Gasteiger partial charge is 0.311 e. The minimum Gasteiger partial charge on any atom is -0.469 e. The molecule has 0 unspecified atom stereocenters. The molecule has 200 valence electrons. The number of rotatable bonds is 16. The van der Waals surface area contributed by atoms with Crippen molar-refractivity contribution < 1.29 is 47.6 Å². The van der Waals surface area contributed by atoms with Crippen molar-refractivity contribution in [1.82, 2.24) is 0 Å². The van der Waals surface area contributed by atoms with Gasteiger partial charge in [0.1, 0.15) is 18.1 Å². The lowest BCUT2D eigenvalue weighted by Crippen LogP contribution is -2.15. The fourth-order valence-electron chi connectivity index (χ4n) is 2.96. The lowest BCUT2D eigenvalue weighted by atomic mass is 10.1. The Kier molecular flexibility index (Phi) is 13.4. The number of esters is 4. The Morgan fingerprint density at radius 3 is 1.49 bits per heavy atom. The lowest BCUT2D eigenvalue weighted by Gasteiger charge is -2.08. The first-order valence-electron chi connectivity index (χ1n) is 11.9. The third-order valence-electron chi connectivity index (χ3n) is 4.87. The summed E-state index contributed by atoms with van der Waals surface area (Å²) < 4.78 is 30.3. The zero-order valence-electron chi connectivity index (χ0n) is 21.1. The van der Waals surface area contributed by atoms with Gasteiger partial charge in [-0.25, -0.2) is 0 Å². The topological polar surface area (TPSA) is 124 Å². The van der Waals surface area contributed by atoms with Crippen LogP contribution in [0.15, 0.2) is 48.5 Å². The molecule has 2 aromatic rings. The summed E-state index contributed by atoms with van der Waals surface area (Å²) in [4.78, 5) is 46.7. The molecule has 37 heavy (non-hydrogen) atoms. The van der Waals surface area contributed by atoms with E-state index in [1.54, 1.807) is 48.5 Å². The predicted octanol–water partition coefficient (Wildman–Crippen LogP) is 3.49. The molecule has 2 aromatic carbocycles. The highest BCUT2D eigenvalue weighted by atomic mass is 16.6. The van der Waals surface area contributed by atoms with Crippen molar-refractivity contribution in [2.45, 2.75) is 32.6 Å². The molecule has 0 fully saturated rings. The van der Waals surface area contributed by atoms with Gasteiger partial charge in [-0.1, -0.05) is 24.3 Å². The SMILES string of the molecule is CCOCCOCCOC(=O)CCC(=O)Oc1ccc(-c2ccc(OC(=O)CCC(=O)OC)cc2)cc1. The first-order valence-corrected chi connectivity index (χ1v) is 11.9. The van der Waals surface area contributed by atoms with Gasteiger partial charge in [-0.2, -0.15) is 0 Å². The largest absolute Gasteiger partial charge is 0.469 e. The summed E-state index contributed by atoms with van der Waals surface area (Å²) in [6.07, 6.45) is -0.305. The minimum atomic E-state index is -0.545. The maximum atomic E-state index is 12.0. The molecule has 0 aliphatic heterocycles. The third-order valence-corrected chi connectivity index (χ3v) is 4.87. The number of carbonyl (C=O) groups is 4. The first kappa shape index (κ1) is 29.5. The summed E-state index contributed by atoms with van der Waals surface area (Å²) in [7, 11) is 1.26. The fourth-order valence-corrected chi connectivity index (χ4v) is 2.96. The Morgan fingerprint density at radius 2 is 1.00 bits per heavy atom. The molecule has 0 amide bonds. The molecular formula is C27H32O10. The van der Waals surface area contributed by atoms with E-state index in [0.717, 1.165) is 11.1 Å². The van der Waals surface area contributed by atoms with Crippen LogP contribution in [0.4, 0.5) is 0 Å². The third kappa shape index (κ3) is 12.2. The van der Waals surface area contributed by atoms with Crippen LogP contribution < -0.4 is 9.47 Å². The second-order valence-electron chi connectivity index (χ2n) is 7.60. The van der Waals surface area contributed by atoms with Crippen molar-refractivity contribution in [2.75, 3.05) is 40.1 Å². The van der Waals surface area contributed by atoms with Crippen molar-refractivity contribution in [2.24, 2.45) is 0 Å². The molecule has 0 atom stereocenters. The van der Waals surface area contributed by atoms with E-state index in [0.29, 0.717) is 31.3 Å². The molecule has 0 aliphatic carbocycles. The van der Waals surface area contributed by atoms with Gasteiger partial charge in [0.25, 0.3) is 0 Å². The van der Waals surface area contributed by atoms with Crippen LogP contribution in [0.3, 0.4) is 0 Å². The van der Waals surface area contributed by atoms with Gasteiger partial charge in [0, 0.05) is 6.61 Å². The molecule has 0 saturated carbocycles. The molecule has 0 spiro atoms. The number of ether oxygens (including phenoxy) is 6. The number of hydrogen-bond donors (Lipinski definition) is 0. The maximum absolute atomic E-state index is 12.0. The molecule has 0 N–H and O–H groups in total. The number of benzene rings is 2. The van der Waals surface area contributed by atoms with E-state index in [1.165, 1.54) is 7.11 Å². The predicted molar refractivity (Wildman–Crippen MR) is 132 cm³/mol. The van der Waals surface area contributed by atoms with Gasteiger partial charge in [0.2, 0.25) is 0 Å². The van der Waals surface area contributed by atoms with E-state index >= 15 is 0 Å². The average molecular weight is 517 g/mol. The molecule has 0 aromatic heterocycles. The number of hydrogen-bond acceptors (Lipinski definition) is 10. The summed E-state index contributed by atoms with van der Waals surface area (Å²) in [5, 5.41) is 0. The molecule has 10 nitrogen and oxygen atoms in total. The van der Waals surface area contributed by atoms with Gasteiger partial charge in [0.05, 0.1) is 52.6 Å². The molecule has 10 heteroatoms. The molecule has 0 bridgehead atoms. The van der Waals surface area contributed by atoms with Crippen LogP contribution in [0.2, 0.25) is 0 Å². The number of methoxy groups -OCH3 is 1. The second kappa shape index (κ2) is 16.8. The van der Waals surface area contributed by atoms with Crippen LogP contribution in [0.1, 0.15) is 32.6 Å². The summed E-state index contributed by atoms with van der Waals surface area (Å²) in [5.74, 6) is -1.35. The summed E-state index contributed by atoms with van der Waals surface area (Å²) in [6, 6.07) is 13.7. The van der Waals surface area contributed by atoms with Crippen molar-refractivity contribution in [3.05, 3.63) is 48.5 Å². The average Bonchev–Trinajstić information content (AvgIpc) is 2.91. The van der Waals surface area contributed by atoms with Crippen LogP contribution >= 0.6 is 0 Å². The van der Waals surface area contributed by atoms with Crippen molar-refractivity contribution in [1.29, 1.82) is 0 Å². The van der Waals surface area contributed by atoms with Crippen molar-refractivity contribution in [3.8, 4) is 22.6 Å². The zero-order valence-corrected chi connectivity index (χ0v) is 21.1. The zero-order chi connectivity index (χ0) is 26.9. The molecule has 0 aliphatic rings. The van der Waals surface area contributed by atoms with Crippen molar-refractivity contribution in [3.63, 3.8) is 0 Å². The van der Waals surface area contributed by atoms with E-state index in [1.807, 2.05) is 6.92 Å². The monoisotopic (exact) mass is 516 g/mol. The van der Waals surface area contributed by atoms with E-state index in [9.17, 15) is 19.2 Å². The van der Waals surface area contributed by atoms with Gasteiger partial charge < -0.3 is 28.4 Å². The fraction of sp³-hybridized carbons (Fsp3) is 0.407. The van der Waals surface area contributed by atoms with Gasteiger partial charge in [-0.15, -0.1) is 0 Å². The normalized spacial score (nSPS) is 10.4. The Bertz CT molecular complexity index is 999. The summed E-state index contributed by atoms with van der Waals surface area (Å²) in [6.45, 7) is 3.80. The Balaban J connectivity index is 1.71. The lowest BCUT2D eigenvalue weighted by molar-refractivity contribution is -0.148. The van der Waals surface area contributed by atoms with Crippen LogP contribution in [0, 0.1) is 0 Å². The molecular weight excluding hydrogens is 484 g/mol. The Labute approximate surface area is 215 Å². The van der Waals surface area contributed by atoms with E-state index in [4.69, 9.17) is 23.7 Å². The maximum Gasteiger partial charge on any atom is 0.311 e.